The van der Waals surface area contributed by atoms with Gasteiger partial charge >= 0.3 is 0 Å². The van der Waals surface area contributed by atoms with Gasteiger partial charge in [0.15, 0.2) is 0 Å². The third-order valence-corrected chi connectivity index (χ3v) is 11.5. The van der Waals surface area contributed by atoms with E-state index in [0.717, 1.165) is 46.2 Å². The Hall–Kier alpha value is -5.86. The van der Waals surface area contributed by atoms with Gasteiger partial charge in [-0.1, -0.05) is 117 Å². The minimum Gasteiger partial charge on any atom is -0.456 e. The number of benzene rings is 7. The first-order chi connectivity index (χ1) is 25.0. The van der Waals surface area contributed by atoms with Gasteiger partial charge in [-0.3, -0.25) is 0 Å². The molecule has 0 saturated carbocycles. The van der Waals surface area contributed by atoms with Crippen LogP contribution in [0.15, 0.2) is 156 Å². The lowest BCUT2D eigenvalue weighted by Gasteiger charge is -2.31. The molecule has 2 aliphatic rings. The highest BCUT2D eigenvalue weighted by Crippen LogP contribution is 2.54. The molecule has 0 aliphatic heterocycles. The monoisotopic (exact) mass is 657 g/mol. The summed E-state index contributed by atoms with van der Waals surface area (Å²) >= 11 is 0. The molecule has 1 aromatic heterocycles. The molecule has 2 aliphatic carbocycles. The summed E-state index contributed by atoms with van der Waals surface area (Å²) in [7, 11) is 0. The van der Waals surface area contributed by atoms with Crippen LogP contribution in [0.5, 0.6) is 0 Å². The fraction of sp³-hybridized carbons (Fsp3) is 0.143. The molecule has 0 spiro atoms. The standard InChI is InChI=1S/C49H39NO/c1-49(2)44-21-10-8-18-39(44)42-30-43(38-20-12-16-34-15-6-7-17-37(34)38)46(31-45(42)49)50(35-25-23-33(24-26-35)32-13-4-3-5-14-32)36-27-28-41-40-19-9-11-22-47(40)51-48(41)29-36/h3-5,8-14,16,18-31H,6-7,15,17H2,1-2H3. The van der Waals surface area contributed by atoms with Crippen LogP contribution >= 0.6 is 0 Å². The molecule has 0 radical (unpaired) electrons. The summed E-state index contributed by atoms with van der Waals surface area (Å²) < 4.78 is 6.50. The SMILES string of the molecule is CC1(C)c2ccccc2-c2cc(-c3cccc4c3CCCC4)c(N(c3ccc(-c4ccccc4)cc3)c3ccc4c(c3)oc3ccccc34)cc21. The van der Waals surface area contributed by atoms with Crippen LogP contribution in [0, 0.1) is 0 Å². The summed E-state index contributed by atoms with van der Waals surface area (Å²) in [5.74, 6) is 0. The minimum absolute atomic E-state index is 0.138. The molecule has 8 aromatic rings. The van der Waals surface area contributed by atoms with Crippen molar-refractivity contribution < 1.29 is 4.42 Å². The quantitative estimate of drug-likeness (QED) is 0.183. The summed E-state index contributed by atoms with van der Waals surface area (Å²) in [6.07, 6.45) is 4.74. The van der Waals surface area contributed by atoms with Crippen molar-refractivity contribution in [2.45, 2.75) is 44.9 Å². The second kappa shape index (κ2) is 11.6. The van der Waals surface area contributed by atoms with Crippen molar-refractivity contribution in [3.8, 4) is 33.4 Å². The molecule has 0 amide bonds. The number of aryl methyl sites for hydroxylation is 1. The summed E-state index contributed by atoms with van der Waals surface area (Å²) in [6, 6.07) is 55.8. The Morgan fingerprint density at radius 2 is 1.20 bits per heavy atom. The van der Waals surface area contributed by atoms with E-state index in [2.05, 4.69) is 164 Å². The van der Waals surface area contributed by atoms with E-state index in [1.165, 1.54) is 74.2 Å². The van der Waals surface area contributed by atoms with E-state index in [1.807, 2.05) is 6.07 Å². The normalized spacial score (nSPS) is 14.3. The molecular weight excluding hydrogens is 619 g/mol. The molecule has 2 heteroatoms. The molecule has 0 atom stereocenters. The van der Waals surface area contributed by atoms with Crippen molar-refractivity contribution in [1.82, 2.24) is 0 Å². The molecule has 0 saturated heterocycles. The van der Waals surface area contributed by atoms with E-state index < -0.39 is 0 Å². The Labute approximate surface area is 299 Å². The molecule has 246 valence electrons. The number of rotatable bonds is 5. The predicted octanol–water partition coefficient (Wildman–Crippen LogP) is 13.6. The van der Waals surface area contributed by atoms with E-state index in [1.54, 1.807) is 0 Å². The summed E-state index contributed by atoms with van der Waals surface area (Å²) in [4.78, 5) is 2.47. The number of nitrogens with zero attached hydrogens (tertiary/aromatic N) is 1. The van der Waals surface area contributed by atoms with Crippen molar-refractivity contribution in [1.29, 1.82) is 0 Å². The van der Waals surface area contributed by atoms with Gasteiger partial charge in [0.1, 0.15) is 11.2 Å². The van der Waals surface area contributed by atoms with Crippen LogP contribution < -0.4 is 4.90 Å². The average Bonchev–Trinajstić information content (AvgIpc) is 3.66. The van der Waals surface area contributed by atoms with E-state index in [9.17, 15) is 0 Å². The van der Waals surface area contributed by atoms with Crippen molar-refractivity contribution in [2.24, 2.45) is 0 Å². The van der Waals surface area contributed by atoms with Crippen molar-refractivity contribution >= 4 is 39.0 Å². The Balaban J connectivity index is 1.26. The van der Waals surface area contributed by atoms with Crippen LogP contribution in [0.2, 0.25) is 0 Å². The van der Waals surface area contributed by atoms with Crippen LogP contribution in [0.3, 0.4) is 0 Å². The van der Waals surface area contributed by atoms with Gasteiger partial charge in [-0.25, -0.2) is 0 Å². The number of para-hydroxylation sites is 1. The maximum atomic E-state index is 6.50. The smallest absolute Gasteiger partial charge is 0.137 e. The van der Waals surface area contributed by atoms with E-state index in [0.29, 0.717) is 0 Å². The molecule has 10 rings (SSSR count). The number of hydrogen-bond acceptors (Lipinski definition) is 2. The molecule has 0 N–H and O–H groups in total. The second-order valence-corrected chi connectivity index (χ2v) is 14.8. The molecule has 2 nitrogen and oxygen atoms in total. The average molecular weight is 658 g/mol. The van der Waals surface area contributed by atoms with Gasteiger partial charge in [-0.15, -0.1) is 0 Å². The first-order valence-corrected chi connectivity index (χ1v) is 18.3. The van der Waals surface area contributed by atoms with Crippen LogP contribution in [0.4, 0.5) is 17.1 Å². The Bertz CT molecular complexity index is 2610. The largest absolute Gasteiger partial charge is 0.456 e. The Morgan fingerprint density at radius 1 is 0.490 bits per heavy atom. The van der Waals surface area contributed by atoms with Gasteiger partial charge in [-0.2, -0.15) is 0 Å². The van der Waals surface area contributed by atoms with Crippen molar-refractivity contribution in [3.05, 3.63) is 174 Å². The second-order valence-electron chi connectivity index (χ2n) is 14.8. The lowest BCUT2D eigenvalue weighted by atomic mass is 9.80. The summed E-state index contributed by atoms with van der Waals surface area (Å²) in [5, 5.41) is 2.28. The van der Waals surface area contributed by atoms with Crippen LogP contribution in [-0.4, -0.2) is 0 Å². The number of furan rings is 1. The number of anilines is 3. The zero-order valence-corrected chi connectivity index (χ0v) is 29.1. The lowest BCUT2D eigenvalue weighted by molar-refractivity contribution is 0.660. The highest BCUT2D eigenvalue weighted by atomic mass is 16.3. The maximum Gasteiger partial charge on any atom is 0.137 e. The molecule has 1 heterocycles. The topological polar surface area (TPSA) is 16.4 Å². The van der Waals surface area contributed by atoms with Gasteiger partial charge in [0.25, 0.3) is 0 Å². The first kappa shape index (κ1) is 30.0. The number of fused-ring (bicyclic) bond motifs is 7. The minimum atomic E-state index is -0.138. The zero-order valence-electron chi connectivity index (χ0n) is 29.1. The maximum absolute atomic E-state index is 6.50. The summed E-state index contributed by atoms with van der Waals surface area (Å²) in [5.41, 5.74) is 18.5. The molecule has 7 aromatic carbocycles. The van der Waals surface area contributed by atoms with Crippen LogP contribution in [0.25, 0.3) is 55.3 Å². The van der Waals surface area contributed by atoms with Crippen LogP contribution in [0.1, 0.15) is 48.9 Å². The third-order valence-electron chi connectivity index (χ3n) is 11.5. The van der Waals surface area contributed by atoms with Gasteiger partial charge < -0.3 is 9.32 Å². The highest BCUT2D eigenvalue weighted by molar-refractivity contribution is 6.06. The Kier molecular flexibility index (Phi) is 6.83. The van der Waals surface area contributed by atoms with Gasteiger partial charge in [0.05, 0.1) is 5.69 Å². The van der Waals surface area contributed by atoms with Gasteiger partial charge in [-0.05, 0) is 118 Å². The predicted molar refractivity (Wildman–Crippen MR) is 213 cm³/mol. The molecule has 0 bridgehead atoms. The third kappa shape index (κ3) is 4.77. The van der Waals surface area contributed by atoms with E-state index in [4.69, 9.17) is 4.42 Å². The van der Waals surface area contributed by atoms with Crippen molar-refractivity contribution in [3.63, 3.8) is 0 Å². The van der Waals surface area contributed by atoms with E-state index in [-0.39, 0.29) is 5.41 Å². The fourth-order valence-electron chi connectivity index (χ4n) is 8.89. The van der Waals surface area contributed by atoms with Gasteiger partial charge in [0, 0.05) is 39.2 Å². The highest BCUT2D eigenvalue weighted by Gasteiger charge is 2.37. The number of hydrogen-bond donors (Lipinski definition) is 0. The Morgan fingerprint density at radius 3 is 2.08 bits per heavy atom. The first-order valence-electron chi connectivity index (χ1n) is 18.3. The van der Waals surface area contributed by atoms with Crippen molar-refractivity contribution in [2.75, 3.05) is 4.90 Å². The molecule has 0 fully saturated rings. The molecular formula is C49H39NO. The van der Waals surface area contributed by atoms with Crippen LogP contribution in [-0.2, 0) is 18.3 Å². The van der Waals surface area contributed by atoms with E-state index >= 15 is 0 Å². The fourth-order valence-corrected chi connectivity index (χ4v) is 8.89. The molecule has 0 unspecified atom stereocenters. The lowest BCUT2D eigenvalue weighted by Crippen LogP contribution is -2.17. The summed E-state index contributed by atoms with van der Waals surface area (Å²) in [6.45, 7) is 4.76. The zero-order chi connectivity index (χ0) is 34.1. The molecule has 51 heavy (non-hydrogen) atoms. The van der Waals surface area contributed by atoms with Gasteiger partial charge in [0.2, 0.25) is 0 Å².